The van der Waals surface area contributed by atoms with Crippen molar-refractivity contribution in [3.63, 3.8) is 0 Å². The van der Waals surface area contributed by atoms with Crippen LogP contribution in [0.2, 0.25) is 0 Å². The molecule has 5 nitrogen and oxygen atoms in total. The molecule has 2 saturated heterocycles. The Morgan fingerprint density at radius 2 is 1.92 bits per heavy atom. The van der Waals surface area contributed by atoms with Gasteiger partial charge in [-0.25, -0.2) is 4.39 Å². The molecule has 0 spiro atoms. The lowest BCUT2D eigenvalue weighted by Crippen LogP contribution is -2.55. The molecule has 6 heteroatoms. The second-order valence-electron chi connectivity index (χ2n) is 7.53. The average Bonchev–Trinajstić information content (AvgIpc) is 3.07. The van der Waals surface area contributed by atoms with Crippen molar-refractivity contribution in [1.29, 1.82) is 0 Å². The summed E-state index contributed by atoms with van der Waals surface area (Å²) in [5, 5.41) is 4.28. The molecule has 0 amide bonds. The van der Waals surface area contributed by atoms with Crippen LogP contribution in [0.3, 0.4) is 0 Å². The molecule has 0 aliphatic carbocycles. The first kappa shape index (κ1) is 17.5. The molecule has 1 atom stereocenters. The zero-order valence-corrected chi connectivity index (χ0v) is 15.5. The molecule has 1 unspecified atom stereocenters. The van der Waals surface area contributed by atoms with Crippen LogP contribution in [0.4, 0.5) is 10.1 Å². The van der Waals surface area contributed by atoms with Crippen LogP contribution in [0.1, 0.15) is 18.4 Å². The molecule has 0 N–H and O–H groups in total. The minimum Gasteiger partial charge on any atom is -0.367 e. The SMILES string of the molecule is Cn1cc(CN2CCCC(N3CCN(c4ccccc4F)CC3)C2)cn1. The molecule has 2 aliphatic heterocycles. The lowest BCUT2D eigenvalue weighted by Gasteiger charge is -2.44. The van der Waals surface area contributed by atoms with Gasteiger partial charge < -0.3 is 4.90 Å². The van der Waals surface area contributed by atoms with E-state index in [-0.39, 0.29) is 5.82 Å². The molecule has 26 heavy (non-hydrogen) atoms. The number of aromatic nitrogens is 2. The standard InChI is InChI=1S/C20H28FN5/c1-23-14-17(13-22-23)15-24-8-4-5-18(16-24)25-9-11-26(12-10-25)20-7-3-2-6-19(20)21/h2-3,6-7,13-14,18H,4-5,8-12,15-16H2,1H3. The van der Waals surface area contributed by atoms with Crippen LogP contribution in [0.25, 0.3) is 0 Å². The van der Waals surface area contributed by atoms with Gasteiger partial charge in [-0.15, -0.1) is 0 Å². The molecule has 0 radical (unpaired) electrons. The number of nitrogens with zero attached hydrogens (tertiary/aromatic N) is 5. The minimum atomic E-state index is -0.110. The summed E-state index contributed by atoms with van der Waals surface area (Å²) in [6, 6.07) is 7.74. The molecule has 2 aromatic rings. The maximum Gasteiger partial charge on any atom is 0.146 e. The zero-order valence-electron chi connectivity index (χ0n) is 15.5. The number of rotatable bonds is 4. The van der Waals surface area contributed by atoms with Crippen molar-refractivity contribution >= 4 is 5.69 Å². The Morgan fingerprint density at radius 1 is 1.12 bits per heavy atom. The Morgan fingerprint density at radius 3 is 2.65 bits per heavy atom. The maximum atomic E-state index is 14.0. The summed E-state index contributed by atoms with van der Waals surface area (Å²) in [6.45, 7) is 7.11. The second kappa shape index (κ2) is 7.76. The van der Waals surface area contributed by atoms with Crippen molar-refractivity contribution in [2.75, 3.05) is 44.2 Å². The van der Waals surface area contributed by atoms with E-state index in [9.17, 15) is 4.39 Å². The summed E-state index contributed by atoms with van der Waals surface area (Å²) in [5.41, 5.74) is 2.03. The molecule has 4 rings (SSSR count). The minimum absolute atomic E-state index is 0.110. The highest BCUT2D eigenvalue weighted by molar-refractivity contribution is 5.48. The molecule has 0 saturated carbocycles. The Balaban J connectivity index is 1.32. The number of aryl methyl sites for hydroxylation is 1. The summed E-state index contributed by atoms with van der Waals surface area (Å²) in [7, 11) is 1.97. The Hall–Kier alpha value is -1.92. The Bertz CT molecular complexity index is 722. The molecule has 140 valence electrons. The van der Waals surface area contributed by atoms with Gasteiger partial charge in [0.25, 0.3) is 0 Å². The van der Waals surface area contributed by atoms with Crippen molar-refractivity contribution in [3.8, 4) is 0 Å². The van der Waals surface area contributed by atoms with Gasteiger partial charge in [0, 0.05) is 64.1 Å². The van der Waals surface area contributed by atoms with Crippen LogP contribution in [-0.2, 0) is 13.6 Å². The quantitative estimate of drug-likeness (QED) is 0.840. The Kier molecular flexibility index (Phi) is 5.22. The fourth-order valence-electron chi connectivity index (χ4n) is 4.32. The van der Waals surface area contributed by atoms with Crippen molar-refractivity contribution in [3.05, 3.63) is 48.0 Å². The third kappa shape index (κ3) is 3.91. The predicted molar refractivity (Wildman–Crippen MR) is 102 cm³/mol. The van der Waals surface area contributed by atoms with E-state index in [1.807, 2.05) is 30.1 Å². The van der Waals surface area contributed by atoms with Crippen LogP contribution >= 0.6 is 0 Å². The molecule has 3 heterocycles. The first-order valence-corrected chi connectivity index (χ1v) is 9.62. The summed E-state index contributed by atoms with van der Waals surface area (Å²) in [4.78, 5) is 7.34. The van der Waals surface area contributed by atoms with Gasteiger partial charge in [-0.1, -0.05) is 12.1 Å². The van der Waals surface area contributed by atoms with Gasteiger partial charge in [0.15, 0.2) is 0 Å². The molecule has 1 aromatic heterocycles. The van der Waals surface area contributed by atoms with Crippen LogP contribution in [0, 0.1) is 5.82 Å². The summed E-state index contributed by atoms with van der Waals surface area (Å²) in [6.07, 6.45) is 6.59. The smallest absolute Gasteiger partial charge is 0.146 e. The third-order valence-corrected chi connectivity index (χ3v) is 5.67. The van der Waals surface area contributed by atoms with E-state index in [0.717, 1.165) is 45.0 Å². The molecule has 0 bridgehead atoms. The fraction of sp³-hybridized carbons (Fsp3) is 0.550. The molecule has 2 fully saturated rings. The number of halogens is 1. The van der Waals surface area contributed by atoms with Gasteiger partial charge in [0.2, 0.25) is 0 Å². The summed E-state index contributed by atoms with van der Waals surface area (Å²) in [5.74, 6) is -0.110. The fourth-order valence-corrected chi connectivity index (χ4v) is 4.32. The lowest BCUT2D eigenvalue weighted by molar-refractivity contribution is 0.0887. The number of likely N-dealkylation sites (tertiary alicyclic amines) is 1. The highest BCUT2D eigenvalue weighted by atomic mass is 19.1. The Labute approximate surface area is 155 Å². The van der Waals surface area contributed by atoms with Gasteiger partial charge in [0.05, 0.1) is 11.9 Å². The van der Waals surface area contributed by atoms with Crippen molar-refractivity contribution in [2.24, 2.45) is 7.05 Å². The molecular weight excluding hydrogens is 329 g/mol. The monoisotopic (exact) mass is 357 g/mol. The van der Waals surface area contributed by atoms with Gasteiger partial charge in [-0.3, -0.25) is 14.5 Å². The van der Waals surface area contributed by atoms with Crippen LogP contribution < -0.4 is 4.90 Å². The highest BCUT2D eigenvalue weighted by Gasteiger charge is 2.28. The van der Waals surface area contributed by atoms with Crippen molar-refractivity contribution in [1.82, 2.24) is 19.6 Å². The van der Waals surface area contributed by atoms with Gasteiger partial charge >= 0.3 is 0 Å². The molecule has 2 aliphatic rings. The van der Waals surface area contributed by atoms with E-state index in [1.165, 1.54) is 24.9 Å². The number of anilines is 1. The van der Waals surface area contributed by atoms with E-state index in [0.29, 0.717) is 6.04 Å². The largest absolute Gasteiger partial charge is 0.367 e. The molecule has 1 aromatic carbocycles. The maximum absolute atomic E-state index is 14.0. The molecular formula is C20H28FN5. The van der Waals surface area contributed by atoms with Gasteiger partial charge in [-0.05, 0) is 31.5 Å². The zero-order chi connectivity index (χ0) is 17.9. The average molecular weight is 357 g/mol. The van der Waals surface area contributed by atoms with E-state index in [1.54, 1.807) is 12.1 Å². The highest BCUT2D eigenvalue weighted by Crippen LogP contribution is 2.23. The number of para-hydroxylation sites is 1. The summed E-state index contributed by atoms with van der Waals surface area (Å²) >= 11 is 0. The van der Waals surface area contributed by atoms with Crippen LogP contribution in [0.5, 0.6) is 0 Å². The number of benzene rings is 1. The van der Waals surface area contributed by atoms with E-state index >= 15 is 0 Å². The van der Waals surface area contributed by atoms with Gasteiger partial charge in [0.1, 0.15) is 5.82 Å². The first-order chi connectivity index (χ1) is 12.7. The van der Waals surface area contributed by atoms with E-state index in [2.05, 4.69) is 26.0 Å². The van der Waals surface area contributed by atoms with Gasteiger partial charge in [-0.2, -0.15) is 5.10 Å². The number of hydrogen-bond donors (Lipinski definition) is 0. The van der Waals surface area contributed by atoms with E-state index < -0.39 is 0 Å². The topological polar surface area (TPSA) is 27.5 Å². The van der Waals surface area contributed by atoms with Crippen LogP contribution in [0.15, 0.2) is 36.7 Å². The van der Waals surface area contributed by atoms with Crippen molar-refractivity contribution < 1.29 is 4.39 Å². The van der Waals surface area contributed by atoms with E-state index in [4.69, 9.17) is 0 Å². The number of hydrogen-bond acceptors (Lipinski definition) is 4. The predicted octanol–water partition coefficient (Wildman–Crippen LogP) is 2.35. The lowest BCUT2D eigenvalue weighted by atomic mass is 10.0. The second-order valence-corrected chi connectivity index (χ2v) is 7.53. The number of piperidine rings is 1. The number of piperazine rings is 1. The third-order valence-electron chi connectivity index (χ3n) is 5.67. The normalized spacial score (nSPS) is 22.7. The van der Waals surface area contributed by atoms with Crippen molar-refractivity contribution in [2.45, 2.75) is 25.4 Å². The van der Waals surface area contributed by atoms with Crippen LogP contribution in [-0.4, -0.2) is 64.9 Å². The summed E-state index contributed by atoms with van der Waals surface area (Å²) < 4.78 is 15.9. The first-order valence-electron chi connectivity index (χ1n) is 9.62.